The van der Waals surface area contributed by atoms with E-state index in [-0.39, 0.29) is 12.0 Å². The van der Waals surface area contributed by atoms with Crippen LogP contribution >= 0.6 is 0 Å². The van der Waals surface area contributed by atoms with Crippen molar-refractivity contribution in [1.29, 1.82) is 0 Å². The maximum Gasteiger partial charge on any atom is 0.410 e. The number of hydrogen-bond donors (Lipinski definition) is 1. The molecule has 5 heteroatoms. The van der Waals surface area contributed by atoms with Crippen LogP contribution in [0.5, 0.6) is 0 Å². The molecule has 2 fully saturated rings. The number of nitrogens with one attached hydrogen (secondary N) is 1. The molecule has 0 saturated carbocycles. The Bertz CT molecular complexity index is 329. The Kier molecular flexibility index (Phi) is 3.02. The van der Waals surface area contributed by atoms with Crippen LogP contribution in [0.2, 0.25) is 0 Å². The molecule has 2 heterocycles. The number of likely N-dealkylation sites (tertiary alicyclic amines) is 1. The molecule has 0 radical (unpaired) electrons. The van der Waals surface area contributed by atoms with E-state index >= 15 is 0 Å². The molecule has 0 aromatic heterocycles. The normalized spacial score (nSPS) is 25.5. The fourth-order valence-corrected chi connectivity index (χ4v) is 2.25. The number of ether oxygens (including phenoxy) is 1. The van der Waals surface area contributed by atoms with E-state index in [1.54, 1.807) is 4.90 Å². The van der Waals surface area contributed by atoms with E-state index in [1.807, 2.05) is 20.8 Å². The number of carbonyl (C=O) groups excluding carboxylic acids is 2. The first kappa shape index (κ1) is 12.2. The van der Waals surface area contributed by atoms with Gasteiger partial charge in [-0.15, -0.1) is 0 Å². The highest BCUT2D eigenvalue weighted by atomic mass is 16.6. The summed E-state index contributed by atoms with van der Waals surface area (Å²) in [5.74, 6) is 0.966. The average Bonchev–Trinajstić information content (AvgIpc) is 2.45. The van der Waals surface area contributed by atoms with Gasteiger partial charge in [-0.2, -0.15) is 0 Å². The van der Waals surface area contributed by atoms with Crippen molar-refractivity contribution in [3.63, 3.8) is 0 Å². The van der Waals surface area contributed by atoms with Crippen molar-refractivity contribution in [3.05, 3.63) is 0 Å². The zero-order chi connectivity index (χ0) is 12.6. The van der Waals surface area contributed by atoms with Crippen molar-refractivity contribution < 1.29 is 14.3 Å². The molecule has 2 aliphatic heterocycles. The highest BCUT2D eigenvalue weighted by Crippen LogP contribution is 2.29. The molecule has 0 aromatic carbocycles. The topological polar surface area (TPSA) is 58.6 Å². The summed E-state index contributed by atoms with van der Waals surface area (Å²) in [6.45, 7) is 7.78. The summed E-state index contributed by atoms with van der Waals surface area (Å²) in [4.78, 5) is 24.5. The predicted octanol–water partition coefficient (Wildman–Crippen LogP) is 0.989. The van der Waals surface area contributed by atoms with Gasteiger partial charge in [0, 0.05) is 26.1 Å². The molecule has 5 nitrogen and oxygen atoms in total. The lowest BCUT2D eigenvalue weighted by atomic mass is 9.85. The van der Waals surface area contributed by atoms with E-state index in [0.29, 0.717) is 31.3 Å². The Hall–Kier alpha value is -1.26. The van der Waals surface area contributed by atoms with Crippen molar-refractivity contribution in [2.45, 2.75) is 32.8 Å². The molecule has 0 aromatic rings. The first-order chi connectivity index (χ1) is 7.85. The molecule has 0 bridgehead atoms. The van der Waals surface area contributed by atoms with Gasteiger partial charge in [-0.1, -0.05) is 0 Å². The highest BCUT2D eigenvalue weighted by molar-refractivity contribution is 5.78. The third kappa shape index (κ3) is 2.90. The van der Waals surface area contributed by atoms with E-state index in [9.17, 15) is 9.59 Å². The van der Waals surface area contributed by atoms with E-state index in [4.69, 9.17) is 4.74 Å². The molecule has 2 saturated heterocycles. The van der Waals surface area contributed by atoms with Gasteiger partial charge in [0.1, 0.15) is 5.60 Å². The second kappa shape index (κ2) is 4.20. The second-order valence-electron chi connectivity index (χ2n) is 5.91. The van der Waals surface area contributed by atoms with Gasteiger partial charge in [0.05, 0.1) is 0 Å². The van der Waals surface area contributed by atoms with Crippen molar-refractivity contribution in [2.75, 3.05) is 19.6 Å². The van der Waals surface area contributed by atoms with Crippen LogP contribution in [-0.4, -0.2) is 42.1 Å². The fourth-order valence-electron chi connectivity index (χ4n) is 2.25. The van der Waals surface area contributed by atoms with Crippen LogP contribution in [0.15, 0.2) is 0 Å². The largest absolute Gasteiger partial charge is 0.444 e. The van der Waals surface area contributed by atoms with Gasteiger partial charge in [-0.05, 0) is 32.6 Å². The second-order valence-corrected chi connectivity index (χ2v) is 5.91. The van der Waals surface area contributed by atoms with Crippen molar-refractivity contribution in [3.8, 4) is 0 Å². The fraction of sp³-hybridized carbons (Fsp3) is 0.833. The highest BCUT2D eigenvalue weighted by Gasteiger charge is 2.40. The third-order valence-electron chi connectivity index (χ3n) is 3.24. The maximum absolute atomic E-state index is 11.7. The Morgan fingerprint density at radius 1 is 1.35 bits per heavy atom. The number of rotatable bonds is 1. The summed E-state index contributed by atoms with van der Waals surface area (Å²) in [6.07, 6.45) is 0.360. The van der Waals surface area contributed by atoms with Crippen LogP contribution in [0, 0.1) is 11.8 Å². The maximum atomic E-state index is 11.7. The zero-order valence-corrected chi connectivity index (χ0v) is 10.7. The van der Waals surface area contributed by atoms with Gasteiger partial charge in [0.2, 0.25) is 5.91 Å². The van der Waals surface area contributed by atoms with E-state index in [1.165, 1.54) is 0 Å². The number of nitrogens with zero attached hydrogens (tertiary/aromatic N) is 1. The first-order valence-corrected chi connectivity index (χ1v) is 6.10. The molecule has 96 valence electrons. The van der Waals surface area contributed by atoms with Crippen LogP contribution in [0.4, 0.5) is 4.79 Å². The minimum atomic E-state index is -0.437. The molecule has 1 N–H and O–H groups in total. The molecule has 0 aliphatic carbocycles. The minimum absolute atomic E-state index is 0.130. The Morgan fingerprint density at radius 3 is 2.47 bits per heavy atom. The summed E-state index contributed by atoms with van der Waals surface area (Å²) >= 11 is 0. The molecule has 17 heavy (non-hydrogen) atoms. The Balaban J connectivity index is 1.75. The molecule has 1 unspecified atom stereocenters. The lowest BCUT2D eigenvalue weighted by Crippen LogP contribution is -2.54. The van der Waals surface area contributed by atoms with Gasteiger partial charge in [0.15, 0.2) is 0 Å². The van der Waals surface area contributed by atoms with Crippen LogP contribution < -0.4 is 5.32 Å². The van der Waals surface area contributed by atoms with Crippen molar-refractivity contribution >= 4 is 12.0 Å². The first-order valence-electron chi connectivity index (χ1n) is 6.10. The van der Waals surface area contributed by atoms with Gasteiger partial charge in [-0.25, -0.2) is 4.79 Å². The molecular formula is C12H20N2O3. The Labute approximate surface area is 101 Å². The lowest BCUT2D eigenvalue weighted by Gasteiger charge is -2.42. The lowest BCUT2D eigenvalue weighted by molar-refractivity contribution is -0.119. The smallest absolute Gasteiger partial charge is 0.410 e. The summed E-state index contributed by atoms with van der Waals surface area (Å²) in [6, 6.07) is 0. The number of hydrogen-bond acceptors (Lipinski definition) is 3. The number of carbonyl (C=O) groups is 2. The summed E-state index contributed by atoms with van der Waals surface area (Å²) in [7, 11) is 0. The van der Waals surface area contributed by atoms with E-state index in [0.717, 1.165) is 6.54 Å². The molecule has 2 rings (SSSR count). The third-order valence-corrected chi connectivity index (χ3v) is 3.24. The van der Waals surface area contributed by atoms with Gasteiger partial charge >= 0.3 is 6.09 Å². The van der Waals surface area contributed by atoms with Gasteiger partial charge in [0.25, 0.3) is 0 Å². The average molecular weight is 240 g/mol. The van der Waals surface area contributed by atoms with Crippen LogP contribution in [0.1, 0.15) is 27.2 Å². The number of amides is 2. The predicted molar refractivity (Wildman–Crippen MR) is 62.4 cm³/mol. The standard InChI is InChI=1S/C12H20N2O3/c1-12(2,3)17-11(16)14-6-9(7-14)8-4-10(15)13-5-8/h8-9H,4-7H2,1-3H3,(H,13,15). The molecular weight excluding hydrogens is 220 g/mol. The van der Waals surface area contributed by atoms with Crippen LogP contribution in [-0.2, 0) is 9.53 Å². The monoisotopic (exact) mass is 240 g/mol. The van der Waals surface area contributed by atoms with Gasteiger partial charge < -0.3 is 15.0 Å². The molecule has 2 amide bonds. The van der Waals surface area contributed by atoms with E-state index in [2.05, 4.69) is 5.32 Å². The minimum Gasteiger partial charge on any atom is -0.444 e. The summed E-state index contributed by atoms with van der Waals surface area (Å²) in [5, 5.41) is 2.83. The molecule has 1 atom stereocenters. The molecule has 0 spiro atoms. The van der Waals surface area contributed by atoms with E-state index < -0.39 is 5.60 Å². The molecule has 2 aliphatic rings. The quantitative estimate of drug-likeness (QED) is 0.743. The van der Waals surface area contributed by atoms with Gasteiger partial charge in [-0.3, -0.25) is 4.79 Å². The summed E-state index contributed by atoms with van der Waals surface area (Å²) in [5.41, 5.74) is -0.437. The zero-order valence-electron chi connectivity index (χ0n) is 10.7. The summed E-state index contributed by atoms with van der Waals surface area (Å²) < 4.78 is 5.28. The van der Waals surface area contributed by atoms with Crippen molar-refractivity contribution in [1.82, 2.24) is 10.2 Å². The van der Waals surface area contributed by atoms with Crippen LogP contribution in [0.25, 0.3) is 0 Å². The Morgan fingerprint density at radius 2 is 2.00 bits per heavy atom. The van der Waals surface area contributed by atoms with Crippen molar-refractivity contribution in [2.24, 2.45) is 11.8 Å². The SMILES string of the molecule is CC(C)(C)OC(=O)N1CC(C2CNC(=O)C2)C1. The van der Waals surface area contributed by atoms with Crippen LogP contribution in [0.3, 0.4) is 0 Å².